The van der Waals surface area contributed by atoms with Gasteiger partial charge in [0.2, 0.25) is 5.91 Å². The highest BCUT2D eigenvalue weighted by Gasteiger charge is 2.38. The molecule has 0 spiro atoms. The van der Waals surface area contributed by atoms with Gasteiger partial charge in [0.1, 0.15) is 0 Å². The summed E-state index contributed by atoms with van der Waals surface area (Å²) in [6.07, 6.45) is 0.892. The lowest BCUT2D eigenvalue weighted by molar-refractivity contribution is -0.118. The molecule has 2 heterocycles. The zero-order chi connectivity index (χ0) is 10.6. The number of ketones is 1. The Balaban J connectivity index is 2.29. The number of carbonyl (C=O) groups is 2. The molecule has 3 heteroatoms. The number of hydrogen-bond acceptors (Lipinski definition) is 2. The topological polar surface area (TPSA) is 37.4 Å². The summed E-state index contributed by atoms with van der Waals surface area (Å²) in [4.78, 5) is 25.2. The maximum atomic E-state index is 11.7. The van der Waals surface area contributed by atoms with Crippen LogP contribution in [0.4, 0.5) is 5.69 Å². The largest absolute Gasteiger partial charge is 0.308 e. The van der Waals surface area contributed by atoms with Crippen molar-refractivity contribution in [2.24, 2.45) is 0 Å². The van der Waals surface area contributed by atoms with Gasteiger partial charge in [-0.05, 0) is 25.0 Å². The molecule has 3 nitrogen and oxygen atoms in total. The van der Waals surface area contributed by atoms with Gasteiger partial charge in [0.25, 0.3) is 0 Å². The average molecular weight is 201 g/mol. The number of amides is 1. The maximum absolute atomic E-state index is 11.7. The highest BCUT2D eigenvalue weighted by atomic mass is 16.2. The molecule has 0 fully saturated rings. The van der Waals surface area contributed by atoms with Crippen LogP contribution in [0.15, 0.2) is 18.2 Å². The molecule has 15 heavy (non-hydrogen) atoms. The van der Waals surface area contributed by atoms with Gasteiger partial charge < -0.3 is 4.90 Å². The predicted octanol–water partition coefficient (Wildman–Crippen LogP) is 1.55. The van der Waals surface area contributed by atoms with Crippen LogP contribution in [0.25, 0.3) is 0 Å². The second-order valence-electron chi connectivity index (χ2n) is 4.23. The van der Waals surface area contributed by atoms with E-state index >= 15 is 0 Å². The van der Waals surface area contributed by atoms with Crippen molar-refractivity contribution < 1.29 is 9.59 Å². The smallest absolute Gasteiger partial charge is 0.235 e. The fourth-order valence-corrected chi connectivity index (χ4v) is 2.58. The van der Waals surface area contributed by atoms with E-state index in [0.29, 0.717) is 0 Å². The van der Waals surface area contributed by atoms with Crippen molar-refractivity contribution in [1.29, 1.82) is 0 Å². The average Bonchev–Trinajstić information content (AvgIpc) is 2.51. The third kappa shape index (κ3) is 1.00. The van der Waals surface area contributed by atoms with Gasteiger partial charge in [0.05, 0.1) is 12.1 Å². The number of anilines is 1. The minimum atomic E-state index is -0.0510. The SMILES string of the molecule is CC1Cc2cccc3c2N1C(=O)CC3=O. The normalized spacial score (nSPS) is 23.3. The standard InChI is InChI=1S/C12H11NO2/c1-7-5-8-3-2-4-9-10(14)6-11(15)13(7)12(8)9/h2-4,7H,5-6H2,1H3. The first-order valence-corrected chi connectivity index (χ1v) is 5.15. The maximum Gasteiger partial charge on any atom is 0.235 e. The van der Waals surface area contributed by atoms with Crippen LogP contribution in [0.1, 0.15) is 29.3 Å². The number of rotatable bonds is 0. The molecule has 0 N–H and O–H groups in total. The fraction of sp³-hybridized carbons (Fsp3) is 0.333. The van der Waals surface area contributed by atoms with Crippen molar-refractivity contribution in [2.75, 3.05) is 4.90 Å². The summed E-state index contributed by atoms with van der Waals surface area (Å²) in [7, 11) is 0. The van der Waals surface area contributed by atoms with Crippen LogP contribution in [-0.2, 0) is 11.2 Å². The number of carbonyl (C=O) groups excluding carboxylic acids is 2. The molecular formula is C12H11NO2. The first-order chi connectivity index (χ1) is 7.18. The molecule has 1 aromatic rings. The van der Waals surface area contributed by atoms with Crippen molar-refractivity contribution in [3.63, 3.8) is 0 Å². The molecule has 76 valence electrons. The van der Waals surface area contributed by atoms with Gasteiger partial charge >= 0.3 is 0 Å². The van der Waals surface area contributed by atoms with E-state index in [9.17, 15) is 9.59 Å². The lowest BCUT2D eigenvalue weighted by Gasteiger charge is -2.27. The van der Waals surface area contributed by atoms with Gasteiger partial charge in [-0.3, -0.25) is 9.59 Å². The van der Waals surface area contributed by atoms with Gasteiger partial charge in [-0.25, -0.2) is 0 Å². The second kappa shape index (κ2) is 2.69. The van der Waals surface area contributed by atoms with Crippen molar-refractivity contribution in [1.82, 2.24) is 0 Å². The Labute approximate surface area is 87.7 Å². The molecular weight excluding hydrogens is 190 g/mol. The van der Waals surface area contributed by atoms with Crippen LogP contribution in [0.3, 0.4) is 0 Å². The number of nitrogens with zero attached hydrogens (tertiary/aromatic N) is 1. The second-order valence-corrected chi connectivity index (χ2v) is 4.23. The Kier molecular flexibility index (Phi) is 1.55. The molecule has 2 aliphatic heterocycles. The summed E-state index contributed by atoms with van der Waals surface area (Å²) in [5.41, 5.74) is 2.71. The first-order valence-electron chi connectivity index (χ1n) is 5.15. The minimum Gasteiger partial charge on any atom is -0.308 e. The molecule has 1 unspecified atom stereocenters. The van der Waals surface area contributed by atoms with Crippen LogP contribution >= 0.6 is 0 Å². The van der Waals surface area contributed by atoms with Gasteiger partial charge in [-0.1, -0.05) is 12.1 Å². The summed E-state index contributed by atoms with van der Waals surface area (Å²) in [6.45, 7) is 2.03. The molecule has 3 rings (SSSR count). The summed E-state index contributed by atoms with van der Waals surface area (Å²) < 4.78 is 0. The van der Waals surface area contributed by atoms with E-state index in [1.165, 1.54) is 0 Å². The van der Waals surface area contributed by atoms with E-state index in [-0.39, 0.29) is 24.2 Å². The van der Waals surface area contributed by atoms with E-state index in [0.717, 1.165) is 23.2 Å². The Hall–Kier alpha value is -1.64. The van der Waals surface area contributed by atoms with Gasteiger partial charge in [0, 0.05) is 11.6 Å². The zero-order valence-electron chi connectivity index (χ0n) is 8.49. The van der Waals surface area contributed by atoms with Crippen molar-refractivity contribution in [3.8, 4) is 0 Å². The summed E-state index contributed by atoms with van der Waals surface area (Å²) in [5.74, 6) is -0.0906. The van der Waals surface area contributed by atoms with Gasteiger partial charge in [-0.15, -0.1) is 0 Å². The minimum absolute atomic E-state index is 0.0286. The molecule has 0 aliphatic carbocycles. The molecule has 0 bridgehead atoms. The highest BCUT2D eigenvalue weighted by molar-refractivity contribution is 6.20. The van der Waals surface area contributed by atoms with Crippen LogP contribution in [-0.4, -0.2) is 17.7 Å². The summed E-state index contributed by atoms with van der Waals surface area (Å²) >= 11 is 0. The van der Waals surface area contributed by atoms with E-state index in [4.69, 9.17) is 0 Å². The molecule has 1 atom stereocenters. The van der Waals surface area contributed by atoms with Gasteiger partial charge in [0.15, 0.2) is 5.78 Å². The monoisotopic (exact) mass is 201 g/mol. The fourth-order valence-electron chi connectivity index (χ4n) is 2.58. The first kappa shape index (κ1) is 8.65. The molecule has 0 radical (unpaired) electrons. The Morgan fingerprint density at radius 1 is 1.33 bits per heavy atom. The van der Waals surface area contributed by atoms with Gasteiger partial charge in [-0.2, -0.15) is 0 Å². The summed E-state index contributed by atoms with van der Waals surface area (Å²) in [6, 6.07) is 5.92. The lowest BCUT2D eigenvalue weighted by atomic mass is 9.99. The number of Topliss-reactive ketones (excluding diaryl/α,β-unsaturated/α-hetero) is 1. The Morgan fingerprint density at radius 3 is 2.93 bits per heavy atom. The van der Waals surface area contributed by atoms with E-state index < -0.39 is 0 Å². The van der Waals surface area contributed by atoms with E-state index in [2.05, 4.69) is 0 Å². The lowest BCUT2D eigenvalue weighted by Crippen LogP contribution is -2.40. The van der Waals surface area contributed by atoms with Crippen molar-refractivity contribution in [3.05, 3.63) is 29.3 Å². The summed E-state index contributed by atoms with van der Waals surface area (Å²) in [5, 5.41) is 0. The van der Waals surface area contributed by atoms with Crippen LogP contribution in [0, 0.1) is 0 Å². The number of benzene rings is 1. The molecule has 1 amide bonds. The van der Waals surface area contributed by atoms with E-state index in [1.807, 2.05) is 25.1 Å². The Morgan fingerprint density at radius 2 is 2.13 bits per heavy atom. The Bertz CT molecular complexity index is 479. The molecule has 1 aromatic carbocycles. The molecule has 0 saturated heterocycles. The zero-order valence-corrected chi connectivity index (χ0v) is 8.49. The van der Waals surface area contributed by atoms with Crippen LogP contribution < -0.4 is 4.90 Å². The van der Waals surface area contributed by atoms with Crippen LogP contribution in [0.2, 0.25) is 0 Å². The molecule has 2 aliphatic rings. The third-order valence-corrected chi connectivity index (χ3v) is 3.20. The predicted molar refractivity (Wildman–Crippen MR) is 56.0 cm³/mol. The van der Waals surface area contributed by atoms with Crippen molar-refractivity contribution >= 4 is 17.4 Å². The number of para-hydroxylation sites is 1. The molecule has 0 saturated carbocycles. The van der Waals surface area contributed by atoms with Crippen LogP contribution in [0.5, 0.6) is 0 Å². The quantitative estimate of drug-likeness (QED) is 0.597. The van der Waals surface area contributed by atoms with Crippen molar-refractivity contribution in [2.45, 2.75) is 25.8 Å². The van der Waals surface area contributed by atoms with E-state index in [1.54, 1.807) is 4.90 Å². The number of hydrogen-bond donors (Lipinski definition) is 0. The highest BCUT2D eigenvalue weighted by Crippen LogP contribution is 2.39. The molecule has 0 aromatic heterocycles. The third-order valence-electron chi connectivity index (χ3n) is 3.20.